The summed E-state index contributed by atoms with van der Waals surface area (Å²) in [4.78, 5) is 91.5. The number of benzene rings is 1. The van der Waals surface area contributed by atoms with Gasteiger partial charge in [-0.1, -0.05) is 59.4 Å². The van der Waals surface area contributed by atoms with Gasteiger partial charge in [0.05, 0.1) is 24.3 Å². The van der Waals surface area contributed by atoms with Crippen molar-refractivity contribution in [1.29, 1.82) is 0 Å². The van der Waals surface area contributed by atoms with Crippen LogP contribution in [0.15, 0.2) is 42.9 Å². The molecule has 5 atom stereocenters. The summed E-state index contributed by atoms with van der Waals surface area (Å²) in [6, 6.07) is -0.643. The molecule has 1 aliphatic heterocycles. The monoisotopic (exact) mass is 799 g/mol. The van der Waals surface area contributed by atoms with Gasteiger partial charge in [-0.25, -0.2) is 4.98 Å². The van der Waals surface area contributed by atoms with E-state index < -0.39 is 82.7 Å². The average molecular weight is 800 g/mol. The molecule has 1 saturated heterocycles. The molecule has 5 amide bonds. The maximum absolute atomic E-state index is 14.7. The van der Waals surface area contributed by atoms with Crippen molar-refractivity contribution in [3.05, 3.63) is 54.1 Å². The molecule has 14 nitrogen and oxygen atoms in total. The first-order valence-corrected chi connectivity index (χ1v) is 19.6. The quantitative estimate of drug-likeness (QED) is 0.194. The number of nitrogens with one attached hydrogen (secondary N) is 4. The summed E-state index contributed by atoms with van der Waals surface area (Å²) >= 11 is 0. The number of Topliss-reactive ketones (excluding diaryl/α,β-unsaturated/α-hetero) is 1. The van der Waals surface area contributed by atoms with E-state index in [0.29, 0.717) is 19.3 Å². The number of hydrogen-bond acceptors (Lipinski definition) is 9. The second kappa shape index (κ2) is 18.4. The minimum Gasteiger partial charge on any atom is -0.488 e. The number of carbonyl (C=O) groups is 6. The van der Waals surface area contributed by atoms with Crippen molar-refractivity contribution in [1.82, 2.24) is 36.1 Å². The van der Waals surface area contributed by atoms with Gasteiger partial charge >= 0.3 is 6.18 Å². The first kappa shape index (κ1) is 43.0. The van der Waals surface area contributed by atoms with Crippen LogP contribution in [0.1, 0.15) is 108 Å². The molecule has 0 radical (unpaired) electrons. The summed E-state index contributed by atoms with van der Waals surface area (Å²) in [5.74, 6) is -4.69. The van der Waals surface area contributed by atoms with Crippen molar-refractivity contribution in [2.75, 3.05) is 6.54 Å². The van der Waals surface area contributed by atoms with Crippen molar-refractivity contribution < 1.29 is 46.7 Å². The predicted molar refractivity (Wildman–Crippen MR) is 200 cm³/mol. The Morgan fingerprint density at radius 2 is 1.67 bits per heavy atom. The molecular formula is C40H52F3N7O7. The van der Waals surface area contributed by atoms with E-state index in [1.165, 1.54) is 35.6 Å². The second-order valence-corrected chi connectivity index (χ2v) is 16.2. The van der Waals surface area contributed by atoms with Gasteiger partial charge in [0.25, 0.3) is 11.8 Å². The number of halogens is 3. The molecule has 4 N–H and O–H groups in total. The largest absolute Gasteiger partial charge is 0.488 e. The second-order valence-electron chi connectivity index (χ2n) is 16.2. The van der Waals surface area contributed by atoms with Crippen LogP contribution in [0, 0.1) is 11.3 Å². The average Bonchev–Trinajstić information content (AvgIpc) is 3.90. The Morgan fingerprint density at radius 1 is 0.947 bits per heavy atom. The molecule has 1 aromatic carbocycles. The molecule has 2 aliphatic carbocycles. The normalized spacial score (nSPS) is 20.4. The lowest BCUT2D eigenvalue weighted by Gasteiger charge is -2.37. The number of carbonyl (C=O) groups excluding carboxylic acids is 6. The SMILES string of the molecule is CCC[C@H](NC(=O)[C@@H]1C[C@@H](Oc2cccc(C(F)(F)F)c2)CN1C(=O)[C@@H](NC(=O)[C@@H](NC(=O)c1cnccn1)C1CCCCC1)C(C)(C)C)C(=O)C(=O)NC1CC1. The Labute approximate surface area is 329 Å². The van der Waals surface area contributed by atoms with Crippen LogP contribution >= 0.6 is 0 Å². The van der Waals surface area contributed by atoms with Gasteiger partial charge < -0.3 is 30.9 Å². The fourth-order valence-corrected chi connectivity index (χ4v) is 7.32. The van der Waals surface area contributed by atoms with Crippen LogP contribution in [0.4, 0.5) is 13.2 Å². The zero-order chi connectivity index (χ0) is 41.5. The van der Waals surface area contributed by atoms with E-state index in [9.17, 15) is 41.9 Å². The molecule has 1 aromatic heterocycles. The number of amides is 5. The van der Waals surface area contributed by atoms with Crippen molar-refractivity contribution in [3.63, 3.8) is 0 Å². The lowest BCUT2D eigenvalue weighted by Crippen LogP contribution is -2.62. The lowest BCUT2D eigenvalue weighted by molar-refractivity contribution is -0.145. The molecule has 17 heteroatoms. The molecule has 0 unspecified atom stereocenters. The van der Waals surface area contributed by atoms with Crippen LogP contribution in [-0.2, 0) is 30.1 Å². The van der Waals surface area contributed by atoms with E-state index in [1.807, 2.05) is 0 Å². The van der Waals surface area contributed by atoms with E-state index in [-0.39, 0.29) is 42.8 Å². The number of ether oxygens (including phenoxy) is 1. The maximum atomic E-state index is 14.7. The smallest absolute Gasteiger partial charge is 0.416 e. The number of nitrogens with zero attached hydrogens (tertiary/aromatic N) is 3. The van der Waals surface area contributed by atoms with Crippen LogP contribution < -0.4 is 26.0 Å². The molecule has 310 valence electrons. The molecule has 5 rings (SSSR count). The van der Waals surface area contributed by atoms with Crippen LogP contribution in [0.3, 0.4) is 0 Å². The Kier molecular flexibility index (Phi) is 13.9. The fourth-order valence-electron chi connectivity index (χ4n) is 7.32. The molecule has 0 bridgehead atoms. The van der Waals surface area contributed by atoms with Gasteiger partial charge in [0.15, 0.2) is 0 Å². The number of aromatic nitrogens is 2. The number of alkyl halides is 3. The van der Waals surface area contributed by atoms with E-state index in [0.717, 1.165) is 44.2 Å². The summed E-state index contributed by atoms with van der Waals surface area (Å²) in [6.07, 6.45) is 4.32. The fraction of sp³-hybridized carbons (Fsp3) is 0.600. The van der Waals surface area contributed by atoms with E-state index in [2.05, 4.69) is 31.2 Å². The first-order valence-electron chi connectivity index (χ1n) is 19.6. The Morgan fingerprint density at radius 3 is 2.28 bits per heavy atom. The van der Waals surface area contributed by atoms with Crippen molar-refractivity contribution in [3.8, 4) is 5.75 Å². The molecule has 3 aliphatic rings. The van der Waals surface area contributed by atoms with Crippen molar-refractivity contribution in [2.45, 2.75) is 134 Å². The Bertz CT molecular complexity index is 1780. The van der Waals surface area contributed by atoms with Gasteiger partial charge in [-0.3, -0.25) is 33.8 Å². The van der Waals surface area contributed by atoms with Gasteiger partial charge in [-0.05, 0) is 61.6 Å². The molecule has 57 heavy (non-hydrogen) atoms. The minimum absolute atomic E-state index is 0.0113. The van der Waals surface area contributed by atoms with Crippen LogP contribution in [0.25, 0.3) is 0 Å². The van der Waals surface area contributed by atoms with Gasteiger partial charge in [0, 0.05) is 24.9 Å². The number of ketones is 1. The number of rotatable bonds is 15. The zero-order valence-corrected chi connectivity index (χ0v) is 32.7. The maximum Gasteiger partial charge on any atom is 0.416 e. The lowest BCUT2D eigenvalue weighted by atomic mass is 9.82. The molecule has 2 heterocycles. The predicted octanol–water partition coefficient (Wildman–Crippen LogP) is 3.89. The van der Waals surface area contributed by atoms with Crippen molar-refractivity contribution >= 4 is 35.3 Å². The molecule has 2 saturated carbocycles. The molecule has 2 aromatic rings. The van der Waals surface area contributed by atoms with Crippen LogP contribution in [0.5, 0.6) is 5.75 Å². The van der Waals surface area contributed by atoms with E-state index in [4.69, 9.17) is 4.74 Å². The van der Waals surface area contributed by atoms with E-state index in [1.54, 1.807) is 27.7 Å². The van der Waals surface area contributed by atoms with Crippen molar-refractivity contribution in [2.24, 2.45) is 11.3 Å². The Hall–Kier alpha value is -5.09. The summed E-state index contributed by atoms with van der Waals surface area (Å²) < 4.78 is 46.6. The van der Waals surface area contributed by atoms with E-state index >= 15 is 0 Å². The third-order valence-corrected chi connectivity index (χ3v) is 10.5. The zero-order valence-electron chi connectivity index (χ0n) is 32.7. The first-order chi connectivity index (χ1) is 27.0. The van der Waals surface area contributed by atoms with Gasteiger partial charge in [0.2, 0.25) is 23.5 Å². The highest BCUT2D eigenvalue weighted by atomic mass is 19.4. The highest BCUT2D eigenvalue weighted by Gasteiger charge is 2.47. The summed E-state index contributed by atoms with van der Waals surface area (Å²) in [5.41, 5.74) is -1.89. The standard InChI is InChI=1S/C40H52F3N7O7/c1-5-10-28(32(51)37(55)46-25-15-16-25)47-35(53)30-20-27(57-26-14-9-13-24(19-26)40(41,42)43)22-50(30)38(56)33(39(2,3)4)49-36(54)31(23-11-7-6-8-12-23)48-34(52)29-21-44-17-18-45-29/h9,13-14,17-19,21,23,25,27-28,30-31,33H,5-8,10-12,15-16,20,22H2,1-4H3,(H,46,55)(H,47,53)(H,48,52)(H,49,54)/t27-,28+,30+,31+,33-/m1/s1. The number of likely N-dealkylation sites (tertiary alicyclic amines) is 1. The summed E-state index contributed by atoms with van der Waals surface area (Å²) in [5, 5.41) is 11.0. The van der Waals surface area contributed by atoms with Gasteiger partial charge in [-0.2, -0.15) is 13.2 Å². The number of hydrogen-bond donors (Lipinski definition) is 4. The topological polar surface area (TPSA) is 189 Å². The molecule has 3 fully saturated rings. The molecule has 0 spiro atoms. The summed E-state index contributed by atoms with van der Waals surface area (Å²) in [7, 11) is 0. The highest BCUT2D eigenvalue weighted by molar-refractivity contribution is 6.38. The third kappa shape index (κ3) is 11.5. The third-order valence-electron chi connectivity index (χ3n) is 10.5. The highest BCUT2D eigenvalue weighted by Crippen LogP contribution is 2.34. The van der Waals surface area contributed by atoms with Crippen LogP contribution in [0.2, 0.25) is 0 Å². The molecular weight excluding hydrogens is 747 g/mol. The minimum atomic E-state index is -4.65. The summed E-state index contributed by atoms with van der Waals surface area (Å²) in [6.45, 7) is 6.70. The van der Waals surface area contributed by atoms with Gasteiger partial charge in [0.1, 0.15) is 35.7 Å². The Balaban J connectivity index is 1.42. The van der Waals surface area contributed by atoms with Gasteiger partial charge in [-0.15, -0.1) is 0 Å². The van der Waals surface area contributed by atoms with Crippen LogP contribution in [-0.4, -0.2) is 93.0 Å².